The Labute approximate surface area is 92.1 Å². The van der Waals surface area contributed by atoms with Crippen LogP contribution in [-0.2, 0) is 4.79 Å². The van der Waals surface area contributed by atoms with Crippen molar-refractivity contribution in [3.63, 3.8) is 0 Å². The van der Waals surface area contributed by atoms with Gasteiger partial charge in [-0.25, -0.2) is 0 Å². The van der Waals surface area contributed by atoms with Crippen LogP contribution in [0.15, 0.2) is 0 Å². The third kappa shape index (κ3) is 1.79. The third-order valence-corrected chi connectivity index (χ3v) is 4.82. The highest BCUT2D eigenvalue weighted by Gasteiger charge is 2.48. The fourth-order valence-electron chi connectivity index (χ4n) is 3.90. The van der Waals surface area contributed by atoms with Gasteiger partial charge in [0.15, 0.2) is 0 Å². The van der Waals surface area contributed by atoms with E-state index < -0.39 is 5.97 Å². The van der Waals surface area contributed by atoms with Crippen LogP contribution < -0.4 is 0 Å². The molecule has 1 N–H and O–H groups in total. The van der Waals surface area contributed by atoms with Crippen LogP contribution in [0.4, 0.5) is 0 Å². The summed E-state index contributed by atoms with van der Waals surface area (Å²) in [6, 6.07) is 0. The van der Waals surface area contributed by atoms with Gasteiger partial charge in [-0.05, 0) is 48.9 Å². The normalized spacial score (nSPS) is 44.7. The molecule has 0 aromatic rings. The molecule has 3 aliphatic rings. The number of rotatable bonds is 2. The molecule has 2 bridgehead atoms. The molecule has 0 amide bonds. The average molecular weight is 210 g/mol. The minimum atomic E-state index is -0.553. The molecule has 0 aromatic carbocycles. The highest BCUT2D eigenvalue weighted by atomic mass is 16.4. The van der Waals surface area contributed by atoms with E-state index in [1.54, 1.807) is 0 Å². The quantitative estimate of drug-likeness (QED) is 0.760. The second kappa shape index (κ2) is 3.80. The number of carboxylic acids is 1. The molecule has 5 atom stereocenters. The molecule has 2 nitrogen and oxygen atoms in total. The summed E-state index contributed by atoms with van der Waals surface area (Å²) in [6.07, 6.45) is 3.35. The SMILES string of the molecule is CC(C)C1C[C@@H]2CC(C(=O)O)C1CC2C. The monoisotopic (exact) mass is 210 g/mol. The Morgan fingerprint density at radius 2 is 1.93 bits per heavy atom. The van der Waals surface area contributed by atoms with E-state index in [-0.39, 0.29) is 5.92 Å². The molecule has 0 radical (unpaired) electrons. The second-order valence-corrected chi connectivity index (χ2v) is 5.96. The lowest BCUT2D eigenvalue weighted by Crippen LogP contribution is -2.46. The zero-order chi connectivity index (χ0) is 11.2. The molecule has 3 rings (SSSR count). The van der Waals surface area contributed by atoms with Crippen molar-refractivity contribution in [3.05, 3.63) is 0 Å². The van der Waals surface area contributed by atoms with Crippen LogP contribution >= 0.6 is 0 Å². The van der Waals surface area contributed by atoms with E-state index in [0.29, 0.717) is 23.7 Å². The van der Waals surface area contributed by atoms with Crippen LogP contribution in [0.2, 0.25) is 0 Å². The molecule has 86 valence electrons. The molecular weight excluding hydrogens is 188 g/mol. The number of fused-ring (bicyclic) bond motifs is 3. The molecule has 2 heteroatoms. The largest absolute Gasteiger partial charge is 0.481 e. The molecule has 3 saturated carbocycles. The number of aliphatic carboxylic acids is 1. The second-order valence-electron chi connectivity index (χ2n) is 5.96. The van der Waals surface area contributed by atoms with E-state index in [9.17, 15) is 9.90 Å². The Kier molecular flexibility index (Phi) is 2.78. The molecule has 15 heavy (non-hydrogen) atoms. The van der Waals surface area contributed by atoms with Gasteiger partial charge in [-0.3, -0.25) is 4.79 Å². The summed E-state index contributed by atoms with van der Waals surface area (Å²) < 4.78 is 0. The first-order valence-corrected chi connectivity index (χ1v) is 6.23. The van der Waals surface area contributed by atoms with Crippen molar-refractivity contribution in [1.82, 2.24) is 0 Å². The first kappa shape index (κ1) is 11.0. The fourth-order valence-corrected chi connectivity index (χ4v) is 3.90. The van der Waals surface area contributed by atoms with Crippen LogP contribution in [0.5, 0.6) is 0 Å². The van der Waals surface area contributed by atoms with Gasteiger partial charge in [-0.15, -0.1) is 0 Å². The lowest BCUT2D eigenvalue weighted by atomic mass is 9.54. The van der Waals surface area contributed by atoms with Gasteiger partial charge in [-0.1, -0.05) is 20.8 Å². The molecule has 3 fully saturated rings. The first-order valence-electron chi connectivity index (χ1n) is 6.23. The van der Waals surface area contributed by atoms with Crippen molar-refractivity contribution in [3.8, 4) is 0 Å². The van der Waals surface area contributed by atoms with Gasteiger partial charge in [-0.2, -0.15) is 0 Å². The maximum atomic E-state index is 11.2. The van der Waals surface area contributed by atoms with E-state index in [0.717, 1.165) is 18.8 Å². The Balaban J connectivity index is 2.19. The van der Waals surface area contributed by atoms with Crippen molar-refractivity contribution in [2.75, 3.05) is 0 Å². The standard InChI is InChI=1S/C13H22O2/c1-7(2)10-5-9-6-12(13(14)15)11(10)4-8(9)3/h7-12H,4-6H2,1-3H3,(H,14,15)/t8?,9-,10?,11?,12?/m1/s1. The molecule has 3 aliphatic carbocycles. The van der Waals surface area contributed by atoms with E-state index >= 15 is 0 Å². The summed E-state index contributed by atoms with van der Waals surface area (Å²) in [4.78, 5) is 11.2. The van der Waals surface area contributed by atoms with Crippen molar-refractivity contribution < 1.29 is 9.90 Å². The highest BCUT2D eigenvalue weighted by molar-refractivity contribution is 5.70. The molecular formula is C13H22O2. The summed E-state index contributed by atoms with van der Waals surface area (Å²) in [5, 5.41) is 9.25. The van der Waals surface area contributed by atoms with Gasteiger partial charge in [0.05, 0.1) is 5.92 Å². The average Bonchev–Trinajstić information content (AvgIpc) is 2.17. The van der Waals surface area contributed by atoms with Gasteiger partial charge in [0.25, 0.3) is 0 Å². The van der Waals surface area contributed by atoms with Crippen molar-refractivity contribution >= 4 is 5.97 Å². The first-order chi connectivity index (χ1) is 7.00. The Hall–Kier alpha value is -0.530. The summed E-state index contributed by atoms with van der Waals surface area (Å²) in [5.41, 5.74) is 0. The lowest BCUT2D eigenvalue weighted by molar-refractivity contribution is -0.152. The van der Waals surface area contributed by atoms with Crippen LogP contribution in [0.25, 0.3) is 0 Å². The lowest BCUT2D eigenvalue weighted by Gasteiger charge is -2.51. The predicted octanol–water partition coefficient (Wildman–Crippen LogP) is 3.03. The van der Waals surface area contributed by atoms with Gasteiger partial charge < -0.3 is 5.11 Å². The Morgan fingerprint density at radius 1 is 1.27 bits per heavy atom. The van der Waals surface area contributed by atoms with Crippen LogP contribution in [-0.4, -0.2) is 11.1 Å². The number of carboxylic acid groups (broad SMARTS) is 1. The molecule has 0 aliphatic heterocycles. The van der Waals surface area contributed by atoms with Gasteiger partial charge in [0.1, 0.15) is 0 Å². The van der Waals surface area contributed by atoms with Crippen LogP contribution in [0, 0.1) is 35.5 Å². The minimum absolute atomic E-state index is 0.0488. The highest BCUT2D eigenvalue weighted by Crippen LogP contribution is 2.53. The molecule has 0 aromatic heterocycles. The smallest absolute Gasteiger partial charge is 0.306 e. The number of hydrogen-bond acceptors (Lipinski definition) is 1. The van der Waals surface area contributed by atoms with Crippen molar-refractivity contribution in [2.24, 2.45) is 35.5 Å². The van der Waals surface area contributed by atoms with E-state index in [1.165, 1.54) is 6.42 Å². The Bertz CT molecular complexity index is 259. The summed E-state index contributed by atoms with van der Waals surface area (Å²) in [6.45, 7) is 6.79. The van der Waals surface area contributed by atoms with Gasteiger partial charge >= 0.3 is 5.97 Å². The Morgan fingerprint density at radius 3 is 2.40 bits per heavy atom. The topological polar surface area (TPSA) is 37.3 Å². The maximum absolute atomic E-state index is 11.2. The molecule has 0 heterocycles. The maximum Gasteiger partial charge on any atom is 0.306 e. The van der Waals surface area contributed by atoms with Crippen molar-refractivity contribution in [1.29, 1.82) is 0 Å². The van der Waals surface area contributed by atoms with E-state index in [1.807, 2.05) is 0 Å². The summed E-state index contributed by atoms with van der Waals surface area (Å²) in [7, 11) is 0. The summed E-state index contributed by atoms with van der Waals surface area (Å²) in [5.74, 6) is 2.56. The summed E-state index contributed by atoms with van der Waals surface area (Å²) >= 11 is 0. The van der Waals surface area contributed by atoms with Crippen molar-refractivity contribution in [2.45, 2.75) is 40.0 Å². The fraction of sp³-hybridized carbons (Fsp3) is 0.923. The van der Waals surface area contributed by atoms with Crippen LogP contribution in [0.1, 0.15) is 40.0 Å². The van der Waals surface area contributed by atoms with Crippen LogP contribution in [0.3, 0.4) is 0 Å². The number of carbonyl (C=O) groups is 1. The third-order valence-electron chi connectivity index (χ3n) is 4.82. The zero-order valence-corrected chi connectivity index (χ0v) is 9.94. The minimum Gasteiger partial charge on any atom is -0.481 e. The number of hydrogen-bond donors (Lipinski definition) is 1. The zero-order valence-electron chi connectivity index (χ0n) is 9.94. The predicted molar refractivity (Wildman–Crippen MR) is 59.4 cm³/mol. The molecule has 0 spiro atoms. The van der Waals surface area contributed by atoms with Gasteiger partial charge in [0.2, 0.25) is 0 Å². The molecule has 0 saturated heterocycles. The van der Waals surface area contributed by atoms with Gasteiger partial charge in [0, 0.05) is 0 Å². The molecule has 4 unspecified atom stereocenters. The van der Waals surface area contributed by atoms with E-state index in [4.69, 9.17) is 0 Å². The van der Waals surface area contributed by atoms with E-state index in [2.05, 4.69) is 20.8 Å².